The predicted molar refractivity (Wildman–Crippen MR) is 61.0 cm³/mol. The maximum atomic E-state index is 8.65. The van der Waals surface area contributed by atoms with Crippen LogP contribution in [0.25, 0.3) is 0 Å². The molecule has 0 spiro atoms. The van der Waals surface area contributed by atoms with Gasteiger partial charge in [-0.1, -0.05) is 33.6 Å². The van der Waals surface area contributed by atoms with Gasteiger partial charge in [-0.15, -0.1) is 0 Å². The van der Waals surface area contributed by atoms with Crippen LogP contribution in [0, 0.1) is 17.2 Å². The molecule has 0 aliphatic heterocycles. The Morgan fingerprint density at radius 3 is 2.14 bits per heavy atom. The zero-order valence-electron chi connectivity index (χ0n) is 10.1. The molecule has 0 aromatic carbocycles. The van der Waals surface area contributed by atoms with Gasteiger partial charge in [-0.2, -0.15) is 5.26 Å². The van der Waals surface area contributed by atoms with E-state index < -0.39 is 0 Å². The van der Waals surface area contributed by atoms with E-state index in [4.69, 9.17) is 5.26 Å². The minimum absolute atomic E-state index is 0.408. The highest BCUT2D eigenvalue weighted by Crippen LogP contribution is 2.13. The van der Waals surface area contributed by atoms with E-state index in [9.17, 15) is 0 Å². The molecule has 0 bridgehead atoms. The SMILES string of the molecule is CCC(CC)CN(CC)C(C)CC#N. The largest absolute Gasteiger partial charge is 0.300 e. The third-order valence-corrected chi connectivity index (χ3v) is 3.06. The summed E-state index contributed by atoms with van der Waals surface area (Å²) in [6.07, 6.45) is 3.13. The molecular formula is C12H24N2. The minimum atomic E-state index is 0.408. The predicted octanol–water partition coefficient (Wildman–Crippen LogP) is 3.05. The first-order chi connectivity index (χ1) is 6.69. The molecule has 0 aliphatic carbocycles. The number of hydrogen-bond acceptors (Lipinski definition) is 2. The average molecular weight is 196 g/mol. The van der Waals surface area contributed by atoms with Crippen molar-refractivity contribution in [3.8, 4) is 6.07 Å². The van der Waals surface area contributed by atoms with Crippen LogP contribution < -0.4 is 0 Å². The second-order valence-electron chi connectivity index (χ2n) is 3.98. The normalized spacial score (nSPS) is 13.2. The van der Waals surface area contributed by atoms with E-state index >= 15 is 0 Å². The first-order valence-electron chi connectivity index (χ1n) is 5.80. The molecule has 82 valence electrons. The molecule has 0 heterocycles. The summed E-state index contributed by atoms with van der Waals surface area (Å²) in [5.74, 6) is 0.788. The summed E-state index contributed by atoms with van der Waals surface area (Å²) in [5, 5.41) is 8.65. The summed E-state index contributed by atoms with van der Waals surface area (Å²) >= 11 is 0. The van der Waals surface area contributed by atoms with Crippen LogP contribution in [0.1, 0.15) is 47.0 Å². The molecule has 0 N–H and O–H groups in total. The summed E-state index contributed by atoms with van der Waals surface area (Å²) in [7, 11) is 0. The molecule has 0 rings (SSSR count). The van der Waals surface area contributed by atoms with Gasteiger partial charge in [0.05, 0.1) is 12.5 Å². The Morgan fingerprint density at radius 1 is 1.21 bits per heavy atom. The van der Waals surface area contributed by atoms with Crippen LogP contribution in [-0.4, -0.2) is 24.0 Å². The first-order valence-corrected chi connectivity index (χ1v) is 5.80. The van der Waals surface area contributed by atoms with Crippen molar-refractivity contribution in [3.05, 3.63) is 0 Å². The Balaban J connectivity index is 4.06. The van der Waals surface area contributed by atoms with Crippen molar-refractivity contribution in [2.75, 3.05) is 13.1 Å². The Kier molecular flexibility index (Phi) is 7.51. The maximum absolute atomic E-state index is 8.65. The quantitative estimate of drug-likeness (QED) is 0.626. The van der Waals surface area contributed by atoms with Crippen molar-refractivity contribution in [1.82, 2.24) is 4.90 Å². The molecule has 1 atom stereocenters. The second kappa shape index (κ2) is 7.82. The average Bonchev–Trinajstić information content (AvgIpc) is 2.20. The van der Waals surface area contributed by atoms with Gasteiger partial charge in [-0.3, -0.25) is 4.90 Å². The lowest BCUT2D eigenvalue weighted by molar-refractivity contribution is 0.182. The number of rotatable bonds is 7. The van der Waals surface area contributed by atoms with Gasteiger partial charge in [0.15, 0.2) is 0 Å². The fraction of sp³-hybridized carbons (Fsp3) is 0.917. The molecule has 0 saturated heterocycles. The van der Waals surface area contributed by atoms with E-state index in [0.717, 1.165) is 19.0 Å². The van der Waals surface area contributed by atoms with Crippen molar-refractivity contribution in [2.24, 2.45) is 5.92 Å². The Morgan fingerprint density at radius 2 is 1.79 bits per heavy atom. The molecule has 2 nitrogen and oxygen atoms in total. The van der Waals surface area contributed by atoms with Gasteiger partial charge < -0.3 is 0 Å². The molecule has 14 heavy (non-hydrogen) atoms. The third-order valence-electron chi connectivity index (χ3n) is 3.06. The first kappa shape index (κ1) is 13.4. The monoisotopic (exact) mass is 196 g/mol. The van der Waals surface area contributed by atoms with Crippen LogP contribution >= 0.6 is 0 Å². The zero-order chi connectivity index (χ0) is 11.0. The standard InChI is InChI=1S/C12H24N2/c1-5-12(6-2)10-14(7-3)11(4)8-9-13/h11-12H,5-8,10H2,1-4H3. The highest BCUT2D eigenvalue weighted by Gasteiger charge is 2.15. The second-order valence-corrected chi connectivity index (χ2v) is 3.98. The number of nitrogens with zero attached hydrogens (tertiary/aromatic N) is 2. The fourth-order valence-corrected chi connectivity index (χ4v) is 1.76. The van der Waals surface area contributed by atoms with Gasteiger partial charge in [-0.05, 0) is 19.4 Å². The van der Waals surface area contributed by atoms with Crippen molar-refractivity contribution in [3.63, 3.8) is 0 Å². The van der Waals surface area contributed by atoms with Gasteiger partial charge >= 0.3 is 0 Å². The number of nitriles is 1. The van der Waals surface area contributed by atoms with E-state index in [0.29, 0.717) is 12.5 Å². The van der Waals surface area contributed by atoms with Gasteiger partial charge in [0.1, 0.15) is 0 Å². The maximum Gasteiger partial charge on any atom is 0.0638 e. The third kappa shape index (κ3) is 4.62. The molecule has 0 amide bonds. The highest BCUT2D eigenvalue weighted by molar-refractivity contribution is 4.80. The van der Waals surface area contributed by atoms with Crippen molar-refractivity contribution < 1.29 is 0 Å². The Bertz CT molecular complexity index is 168. The molecule has 0 aromatic rings. The lowest BCUT2D eigenvalue weighted by Gasteiger charge is -2.29. The van der Waals surface area contributed by atoms with Crippen LogP contribution in [0.3, 0.4) is 0 Å². The van der Waals surface area contributed by atoms with Gasteiger partial charge in [0.2, 0.25) is 0 Å². The summed E-state index contributed by atoms with van der Waals surface area (Å²) in [6, 6.07) is 2.66. The number of hydrogen-bond donors (Lipinski definition) is 0. The highest BCUT2D eigenvalue weighted by atomic mass is 15.1. The molecular weight excluding hydrogens is 172 g/mol. The van der Waals surface area contributed by atoms with Crippen molar-refractivity contribution in [1.29, 1.82) is 5.26 Å². The molecule has 0 radical (unpaired) electrons. The topological polar surface area (TPSA) is 27.0 Å². The van der Waals surface area contributed by atoms with Crippen LogP contribution in [-0.2, 0) is 0 Å². The van der Waals surface area contributed by atoms with Gasteiger partial charge in [0, 0.05) is 12.6 Å². The molecule has 2 heteroatoms. The van der Waals surface area contributed by atoms with E-state index in [1.807, 2.05) is 0 Å². The minimum Gasteiger partial charge on any atom is -0.300 e. The summed E-state index contributed by atoms with van der Waals surface area (Å²) in [4.78, 5) is 2.42. The lowest BCUT2D eigenvalue weighted by Crippen LogP contribution is -2.36. The van der Waals surface area contributed by atoms with Gasteiger partial charge in [-0.25, -0.2) is 0 Å². The summed E-state index contributed by atoms with van der Waals surface area (Å²) in [6.45, 7) is 11.0. The van der Waals surface area contributed by atoms with Crippen molar-refractivity contribution in [2.45, 2.75) is 53.0 Å². The van der Waals surface area contributed by atoms with E-state index in [-0.39, 0.29) is 0 Å². The Hall–Kier alpha value is -0.550. The van der Waals surface area contributed by atoms with E-state index in [1.165, 1.54) is 12.8 Å². The summed E-state index contributed by atoms with van der Waals surface area (Å²) < 4.78 is 0. The zero-order valence-corrected chi connectivity index (χ0v) is 10.1. The molecule has 0 aliphatic rings. The van der Waals surface area contributed by atoms with Gasteiger partial charge in [0.25, 0.3) is 0 Å². The Labute approximate surface area is 88.9 Å². The van der Waals surface area contributed by atoms with E-state index in [2.05, 4.69) is 38.7 Å². The van der Waals surface area contributed by atoms with E-state index in [1.54, 1.807) is 0 Å². The molecule has 0 saturated carbocycles. The van der Waals surface area contributed by atoms with Crippen LogP contribution in [0.15, 0.2) is 0 Å². The van der Waals surface area contributed by atoms with Crippen LogP contribution in [0.5, 0.6) is 0 Å². The van der Waals surface area contributed by atoms with Crippen LogP contribution in [0.2, 0.25) is 0 Å². The smallest absolute Gasteiger partial charge is 0.0638 e. The fourth-order valence-electron chi connectivity index (χ4n) is 1.76. The molecule has 1 unspecified atom stereocenters. The summed E-state index contributed by atoms with van der Waals surface area (Å²) in [5.41, 5.74) is 0. The molecule has 0 fully saturated rings. The van der Waals surface area contributed by atoms with Crippen LogP contribution in [0.4, 0.5) is 0 Å². The lowest BCUT2D eigenvalue weighted by atomic mass is 10.0. The van der Waals surface area contributed by atoms with Crippen molar-refractivity contribution >= 4 is 0 Å². The molecule has 0 aromatic heterocycles.